The SMILES string of the molecule is Cn1c(=O)[nH]c(=O)c2c1nc(CCC(=O)NN)n2Cc1ccccc1. The minimum Gasteiger partial charge on any atom is -0.318 e. The van der Waals surface area contributed by atoms with E-state index in [0.29, 0.717) is 17.9 Å². The van der Waals surface area contributed by atoms with E-state index in [4.69, 9.17) is 5.84 Å². The summed E-state index contributed by atoms with van der Waals surface area (Å²) >= 11 is 0. The average Bonchev–Trinajstić information content (AvgIpc) is 2.97. The molecular weight excluding hydrogens is 324 g/mol. The lowest BCUT2D eigenvalue weighted by Crippen LogP contribution is -2.30. The summed E-state index contributed by atoms with van der Waals surface area (Å²) < 4.78 is 3.01. The number of benzene rings is 1. The molecule has 0 fully saturated rings. The van der Waals surface area contributed by atoms with E-state index in [1.54, 1.807) is 4.57 Å². The number of amides is 1. The molecule has 1 aromatic carbocycles. The molecule has 0 saturated carbocycles. The van der Waals surface area contributed by atoms with Gasteiger partial charge in [-0.05, 0) is 5.56 Å². The van der Waals surface area contributed by atoms with E-state index < -0.39 is 11.2 Å². The topological polar surface area (TPSA) is 128 Å². The Morgan fingerprint density at radius 2 is 2.00 bits per heavy atom. The molecule has 0 aliphatic carbocycles. The molecule has 4 N–H and O–H groups in total. The van der Waals surface area contributed by atoms with Gasteiger partial charge in [0.1, 0.15) is 5.82 Å². The highest BCUT2D eigenvalue weighted by Gasteiger charge is 2.18. The summed E-state index contributed by atoms with van der Waals surface area (Å²) in [5.74, 6) is 5.32. The summed E-state index contributed by atoms with van der Waals surface area (Å²) in [6.07, 6.45) is 0.415. The Labute approximate surface area is 142 Å². The number of aromatic nitrogens is 4. The first-order valence-electron chi connectivity index (χ1n) is 7.73. The Hall–Kier alpha value is -3.20. The van der Waals surface area contributed by atoms with E-state index in [1.807, 2.05) is 30.3 Å². The fourth-order valence-corrected chi connectivity index (χ4v) is 2.70. The minimum atomic E-state index is -0.534. The number of carbonyl (C=O) groups is 1. The molecule has 0 spiro atoms. The van der Waals surface area contributed by atoms with Gasteiger partial charge in [-0.3, -0.25) is 24.6 Å². The lowest BCUT2D eigenvalue weighted by Gasteiger charge is -2.09. The van der Waals surface area contributed by atoms with Crippen molar-refractivity contribution in [1.82, 2.24) is 24.5 Å². The van der Waals surface area contributed by atoms with Gasteiger partial charge in [0.2, 0.25) is 5.91 Å². The van der Waals surface area contributed by atoms with E-state index >= 15 is 0 Å². The van der Waals surface area contributed by atoms with Gasteiger partial charge in [-0.2, -0.15) is 0 Å². The van der Waals surface area contributed by atoms with Crippen LogP contribution in [0.3, 0.4) is 0 Å². The molecule has 0 saturated heterocycles. The Bertz CT molecular complexity index is 1030. The molecular formula is C16H18N6O3. The molecule has 0 aliphatic rings. The van der Waals surface area contributed by atoms with Crippen molar-refractivity contribution >= 4 is 17.1 Å². The minimum absolute atomic E-state index is 0.125. The maximum absolute atomic E-state index is 12.3. The molecule has 9 nitrogen and oxygen atoms in total. The highest BCUT2D eigenvalue weighted by atomic mass is 16.2. The summed E-state index contributed by atoms with van der Waals surface area (Å²) in [5.41, 5.74) is 2.59. The van der Waals surface area contributed by atoms with Crippen LogP contribution in [0.4, 0.5) is 0 Å². The van der Waals surface area contributed by atoms with Gasteiger partial charge in [-0.25, -0.2) is 15.6 Å². The fourth-order valence-electron chi connectivity index (χ4n) is 2.70. The number of aryl methyl sites for hydroxylation is 2. The standard InChI is InChI=1S/C16H18N6O3/c1-21-14-13(15(24)19-16(21)25)22(9-10-5-3-2-4-6-10)11(18-14)7-8-12(23)20-17/h2-6H,7-9,17H2,1H3,(H,20,23)(H,19,24,25). The molecule has 0 unspecified atom stereocenters. The van der Waals surface area contributed by atoms with Crippen LogP contribution in [0.5, 0.6) is 0 Å². The van der Waals surface area contributed by atoms with Gasteiger partial charge in [-0.15, -0.1) is 0 Å². The van der Waals surface area contributed by atoms with Gasteiger partial charge in [0.05, 0.1) is 0 Å². The number of rotatable bonds is 5. The zero-order chi connectivity index (χ0) is 18.0. The second-order valence-electron chi connectivity index (χ2n) is 5.66. The third-order valence-electron chi connectivity index (χ3n) is 4.01. The molecule has 25 heavy (non-hydrogen) atoms. The molecule has 2 aromatic heterocycles. The predicted octanol–water partition coefficient (Wildman–Crippen LogP) is -0.606. The van der Waals surface area contributed by atoms with Crippen molar-refractivity contribution in [2.75, 3.05) is 0 Å². The number of fused-ring (bicyclic) bond motifs is 1. The Morgan fingerprint density at radius 3 is 2.68 bits per heavy atom. The van der Waals surface area contributed by atoms with Crippen LogP contribution >= 0.6 is 0 Å². The molecule has 2 heterocycles. The number of nitrogens with one attached hydrogen (secondary N) is 2. The monoisotopic (exact) mass is 342 g/mol. The van der Waals surface area contributed by atoms with Crippen molar-refractivity contribution in [3.05, 3.63) is 62.6 Å². The van der Waals surface area contributed by atoms with Crippen molar-refractivity contribution in [3.8, 4) is 0 Å². The summed E-state index contributed by atoms with van der Waals surface area (Å²) in [4.78, 5) is 42.3. The largest absolute Gasteiger partial charge is 0.329 e. The van der Waals surface area contributed by atoms with Crippen LogP contribution in [0.1, 0.15) is 17.8 Å². The van der Waals surface area contributed by atoms with Crippen LogP contribution < -0.4 is 22.5 Å². The van der Waals surface area contributed by atoms with E-state index in [0.717, 1.165) is 5.56 Å². The van der Waals surface area contributed by atoms with Crippen LogP contribution in [0.15, 0.2) is 39.9 Å². The number of aromatic amines is 1. The summed E-state index contributed by atoms with van der Waals surface area (Å²) in [7, 11) is 1.54. The number of hydrazine groups is 1. The Kier molecular flexibility index (Phi) is 4.48. The Morgan fingerprint density at radius 1 is 1.28 bits per heavy atom. The van der Waals surface area contributed by atoms with Crippen molar-refractivity contribution in [3.63, 3.8) is 0 Å². The molecule has 1 amide bonds. The van der Waals surface area contributed by atoms with Crippen molar-refractivity contribution < 1.29 is 4.79 Å². The molecule has 0 aliphatic heterocycles. The predicted molar refractivity (Wildman–Crippen MR) is 91.8 cm³/mol. The first-order valence-corrected chi connectivity index (χ1v) is 7.73. The van der Waals surface area contributed by atoms with Crippen molar-refractivity contribution in [1.29, 1.82) is 0 Å². The second-order valence-corrected chi connectivity index (χ2v) is 5.66. The second kappa shape index (κ2) is 6.73. The van der Waals surface area contributed by atoms with Crippen LogP contribution in [-0.2, 0) is 24.8 Å². The number of H-pyrrole nitrogens is 1. The van der Waals surface area contributed by atoms with E-state index in [-0.39, 0.29) is 24.4 Å². The third kappa shape index (κ3) is 3.22. The van der Waals surface area contributed by atoms with Gasteiger partial charge in [0.15, 0.2) is 11.2 Å². The van der Waals surface area contributed by atoms with Crippen LogP contribution in [-0.4, -0.2) is 25.0 Å². The lowest BCUT2D eigenvalue weighted by atomic mass is 10.2. The molecule has 3 aromatic rings. The van der Waals surface area contributed by atoms with Crippen molar-refractivity contribution in [2.24, 2.45) is 12.9 Å². The lowest BCUT2D eigenvalue weighted by molar-refractivity contribution is -0.121. The van der Waals surface area contributed by atoms with Crippen molar-refractivity contribution in [2.45, 2.75) is 19.4 Å². The number of nitrogens with zero attached hydrogens (tertiary/aromatic N) is 3. The molecule has 3 rings (SSSR count). The number of nitrogens with two attached hydrogens (primary N) is 1. The van der Waals surface area contributed by atoms with Crippen LogP contribution in [0.2, 0.25) is 0 Å². The molecule has 130 valence electrons. The van der Waals surface area contributed by atoms with E-state index in [1.165, 1.54) is 11.6 Å². The first kappa shape index (κ1) is 16.7. The quantitative estimate of drug-likeness (QED) is 0.324. The van der Waals surface area contributed by atoms with Gasteiger partial charge in [-0.1, -0.05) is 30.3 Å². The smallest absolute Gasteiger partial charge is 0.318 e. The van der Waals surface area contributed by atoms with E-state index in [9.17, 15) is 14.4 Å². The zero-order valence-corrected chi connectivity index (χ0v) is 13.7. The summed E-state index contributed by atoms with van der Waals surface area (Å²) in [6.45, 7) is 0.401. The maximum Gasteiger partial charge on any atom is 0.329 e. The van der Waals surface area contributed by atoms with Crippen LogP contribution in [0, 0.1) is 0 Å². The fraction of sp³-hybridized carbons (Fsp3) is 0.250. The number of hydrogen-bond donors (Lipinski definition) is 3. The first-order chi connectivity index (χ1) is 12.0. The van der Waals surface area contributed by atoms with Gasteiger partial charge < -0.3 is 4.57 Å². The summed E-state index contributed by atoms with van der Waals surface area (Å²) in [6, 6.07) is 9.56. The molecule has 0 radical (unpaired) electrons. The molecule has 0 atom stereocenters. The number of imidazole rings is 1. The average molecular weight is 342 g/mol. The van der Waals surface area contributed by atoms with Gasteiger partial charge in [0.25, 0.3) is 5.56 Å². The Balaban J connectivity index is 2.15. The maximum atomic E-state index is 12.3. The van der Waals surface area contributed by atoms with Gasteiger partial charge in [0, 0.05) is 26.4 Å². The van der Waals surface area contributed by atoms with Crippen LogP contribution in [0.25, 0.3) is 11.2 Å². The highest BCUT2D eigenvalue weighted by Crippen LogP contribution is 2.15. The molecule has 9 heteroatoms. The molecule has 0 bridgehead atoms. The van der Waals surface area contributed by atoms with E-state index in [2.05, 4.69) is 15.4 Å². The zero-order valence-electron chi connectivity index (χ0n) is 13.7. The third-order valence-corrected chi connectivity index (χ3v) is 4.01. The highest BCUT2D eigenvalue weighted by molar-refractivity contribution is 5.76. The normalized spacial score (nSPS) is 11.0. The summed E-state index contributed by atoms with van der Waals surface area (Å²) in [5, 5.41) is 0. The number of carbonyl (C=O) groups excluding carboxylic acids is 1. The van der Waals surface area contributed by atoms with Gasteiger partial charge >= 0.3 is 5.69 Å². The number of hydrogen-bond acceptors (Lipinski definition) is 5.